The Hall–Kier alpha value is -2.36. The normalized spacial score (nSPS) is 14.3. The smallest absolute Gasteiger partial charge is 0.416 e. The standard InChI is InChI=1S/C19H21NO3/c21-18(20-12-13-23-19(20)22)9-3-1-2-6-15-10-11-16-7-4-5-8-17(16)14-15/h4-5,7-8,10-11,14H,1-3,6,9,12-13H2. The van der Waals surface area contributed by atoms with Crippen LogP contribution in [0, 0.1) is 0 Å². The summed E-state index contributed by atoms with van der Waals surface area (Å²) in [7, 11) is 0. The predicted octanol–water partition coefficient (Wildman–Crippen LogP) is 3.92. The van der Waals surface area contributed by atoms with Gasteiger partial charge in [0.15, 0.2) is 0 Å². The number of benzene rings is 2. The summed E-state index contributed by atoms with van der Waals surface area (Å²) < 4.78 is 4.77. The van der Waals surface area contributed by atoms with Crippen molar-refractivity contribution in [1.29, 1.82) is 0 Å². The largest absolute Gasteiger partial charge is 0.447 e. The van der Waals surface area contributed by atoms with Gasteiger partial charge in [0.05, 0.1) is 6.54 Å². The lowest BCUT2D eigenvalue weighted by Crippen LogP contribution is -2.31. The van der Waals surface area contributed by atoms with Gasteiger partial charge in [0.25, 0.3) is 0 Å². The number of rotatable bonds is 6. The number of hydrogen-bond acceptors (Lipinski definition) is 3. The molecule has 1 aliphatic heterocycles. The number of carbonyl (C=O) groups excluding carboxylic acids is 2. The van der Waals surface area contributed by atoms with Crippen LogP contribution >= 0.6 is 0 Å². The molecular weight excluding hydrogens is 290 g/mol. The van der Waals surface area contributed by atoms with Crippen molar-refractivity contribution >= 4 is 22.8 Å². The maximum Gasteiger partial charge on any atom is 0.416 e. The summed E-state index contributed by atoms with van der Waals surface area (Å²) in [4.78, 5) is 24.4. The van der Waals surface area contributed by atoms with E-state index in [4.69, 9.17) is 4.74 Å². The van der Waals surface area contributed by atoms with Crippen LogP contribution in [0.2, 0.25) is 0 Å². The fraction of sp³-hybridized carbons (Fsp3) is 0.368. The fourth-order valence-electron chi connectivity index (χ4n) is 2.93. The van der Waals surface area contributed by atoms with Crippen LogP contribution in [-0.4, -0.2) is 30.1 Å². The lowest BCUT2D eigenvalue weighted by atomic mass is 10.0. The van der Waals surface area contributed by atoms with Crippen LogP contribution < -0.4 is 0 Å². The van der Waals surface area contributed by atoms with E-state index < -0.39 is 6.09 Å². The van der Waals surface area contributed by atoms with Crippen molar-refractivity contribution in [2.24, 2.45) is 0 Å². The minimum atomic E-state index is -0.494. The Bertz CT molecular complexity index is 711. The number of carbonyl (C=O) groups is 2. The van der Waals surface area contributed by atoms with E-state index in [-0.39, 0.29) is 5.91 Å². The zero-order valence-corrected chi connectivity index (χ0v) is 13.2. The quantitative estimate of drug-likeness (QED) is 0.760. The second-order valence-electron chi connectivity index (χ2n) is 5.90. The van der Waals surface area contributed by atoms with E-state index >= 15 is 0 Å². The molecule has 1 saturated heterocycles. The van der Waals surface area contributed by atoms with Crippen molar-refractivity contribution in [2.75, 3.05) is 13.2 Å². The number of amides is 2. The second-order valence-corrected chi connectivity index (χ2v) is 5.90. The summed E-state index contributed by atoms with van der Waals surface area (Å²) in [5, 5.41) is 2.53. The number of unbranched alkanes of at least 4 members (excludes halogenated alkanes) is 2. The molecule has 1 fully saturated rings. The van der Waals surface area contributed by atoms with Crippen LogP contribution in [0.1, 0.15) is 31.2 Å². The Morgan fingerprint density at radius 3 is 2.65 bits per heavy atom. The summed E-state index contributed by atoms with van der Waals surface area (Å²) in [6, 6.07) is 14.9. The summed E-state index contributed by atoms with van der Waals surface area (Å²) in [5.41, 5.74) is 1.33. The van der Waals surface area contributed by atoms with E-state index in [1.165, 1.54) is 21.2 Å². The molecule has 2 aromatic rings. The lowest BCUT2D eigenvalue weighted by molar-refractivity contribution is -0.127. The number of hydrogen-bond donors (Lipinski definition) is 0. The summed E-state index contributed by atoms with van der Waals surface area (Å²) in [6.45, 7) is 0.724. The molecule has 0 radical (unpaired) electrons. The molecule has 2 amide bonds. The summed E-state index contributed by atoms with van der Waals surface area (Å²) in [5.74, 6) is -0.113. The second kappa shape index (κ2) is 7.27. The third-order valence-corrected chi connectivity index (χ3v) is 4.23. The minimum Gasteiger partial charge on any atom is -0.447 e. The topological polar surface area (TPSA) is 46.6 Å². The van der Waals surface area contributed by atoms with Crippen molar-refractivity contribution in [1.82, 2.24) is 4.90 Å². The van der Waals surface area contributed by atoms with Crippen LogP contribution in [0.4, 0.5) is 4.79 Å². The minimum absolute atomic E-state index is 0.113. The molecule has 0 unspecified atom stereocenters. The molecular formula is C19H21NO3. The van der Waals surface area contributed by atoms with E-state index in [2.05, 4.69) is 42.5 Å². The molecule has 1 aliphatic rings. The van der Waals surface area contributed by atoms with E-state index in [9.17, 15) is 9.59 Å². The van der Waals surface area contributed by atoms with E-state index in [1.807, 2.05) is 0 Å². The predicted molar refractivity (Wildman–Crippen MR) is 89.2 cm³/mol. The van der Waals surface area contributed by atoms with Gasteiger partial charge in [-0.25, -0.2) is 9.69 Å². The highest BCUT2D eigenvalue weighted by Crippen LogP contribution is 2.17. The van der Waals surface area contributed by atoms with Crippen LogP contribution in [0.3, 0.4) is 0 Å². The first-order chi connectivity index (χ1) is 11.2. The van der Waals surface area contributed by atoms with Crippen molar-refractivity contribution < 1.29 is 14.3 Å². The molecule has 0 aliphatic carbocycles. The highest BCUT2D eigenvalue weighted by atomic mass is 16.6. The Morgan fingerprint density at radius 1 is 1.04 bits per heavy atom. The zero-order valence-electron chi connectivity index (χ0n) is 13.2. The highest BCUT2D eigenvalue weighted by Gasteiger charge is 2.27. The third-order valence-electron chi connectivity index (χ3n) is 4.23. The number of imide groups is 1. The molecule has 4 nitrogen and oxygen atoms in total. The molecule has 0 N–H and O–H groups in total. The van der Waals surface area contributed by atoms with Gasteiger partial charge in [0, 0.05) is 6.42 Å². The van der Waals surface area contributed by atoms with Gasteiger partial charge in [-0.2, -0.15) is 0 Å². The number of aryl methyl sites for hydroxylation is 1. The van der Waals surface area contributed by atoms with Crippen molar-refractivity contribution in [3.05, 3.63) is 48.0 Å². The number of cyclic esters (lactones) is 1. The number of ether oxygens (including phenoxy) is 1. The van der Waals surface area contributed by atoms with Crippen molar-refractivity contribution in [3.8, 4) is 0 Å². The molecule has 0 aromatic heterocycles. The van der Waals surface area contributed by atoms with E-state index in [1.54, 1.807) is 0 Å². The van der Waals surface area contributed by atoms with Gasteiger partial charge in [-0.15, -0.1) is 0 Å². The molecule has 2 aromatic carbocycles. The van der Waals surface area contributed by atoms with Gasteiger partial charge in [-0.3, -0.25) is 4.79 Å². The number of nitrogens with zero attached hydrogens (tertiary/aromatic N) is 1. The van der Waals surface area contributed by atoms with Crippen LogP contribution in [0.25, 0.3) is 10.8 Å². The SMILES string of the molecule is O=C(CCCCCc1ccc2ccccc2c1)N1CCOC1=O. The van der Waals surface area contributed by atoms with E-state index in [0.717, 1.165) is 25.7 Å². The molecule has 23 heavy (non-hydrogen) atoms. The van der Waals surface area contributed by atoms with Gasteiger partial charge in [0.1, 0.15) is 6.61 Å². The molecule has 0 atom stereocenters. The van der Waals surface area contributed by atoms with Gasteiger partial charge >= 0.3 is 6.09 Å². The van der Waals surface area contributed by atoms with Crippen LogP contribution in [-0.2, 0) is 16.0 Å². The average molecular weight is 311 g/mol. The first kappa shape index (κ1) is 15.5. The molecule has 3 rings (SSSR count). The Kier molecular flexibility index (Phi) is 4.91. The summed E-state index contributed by atoms with van der Waals surface area (Å²) >= 11 is 0. The third kappa shape index (κ3) is 3.89. The first-order valence-corrected chi connectivity index (χ1v) is 8.19. The van der Waals surface area contributed by atoms with Crippen molar-refractivity contribution in [2.45, 2.75) is 32.1 Å². The molecule has 0 bridgehead atoms. The number of fused-ring (bicyclic) bond motifs is 1. The Labute approximate surface area is 136 Å². The summed E-state index contributed by atoms with van der Waals surface area (Å²) in [6.07, 6.45) is 3.80. The van der Waals surface area contributed by atoms with Gasteiger partial charge in [-0.05, 0) is 35.6 Å². The Morgan fingerprint density at radius 2 is 1.87 bits per heavy atom. The van der Waals surface area contributed by atoms with Gasteiger partial charge in [0.2, 0.25) is 5.91 Å². The van der Waals surface area contributed by atoms with Crippen molar-refractivity contribution in [3.63, 3.8) is 0 Å². The fourth-order valence-corrected chi connectivity index (χ4v) is 2.93. The molecule has 4 heteroatoms. The van der Waals surface area contributed by atoms with Crippen LogP contribution in [0.5, 0.6) is 0 Å². The molecule has 0 saturated carbocycles. The maximum absolute atomic E-state index is 11.9. The van der Waals surface area contributed by atoms with Crippen LogP contribution in [0.15, 0.2) is 42.5 Å². The average Bonchev–Trinajstić information content (AvgIpc) is 3.00. The Balaban J connectivity index is 1.40. The molecule has 1 heterocycles. The lowest BCUT2D eigenvalue weighted by Gasteiger charge is -2.10. The molecule has 0 spiro atoms. The van der Waals surface area contributed by atoms with Gasteiger partial charge < -0.3 is 4.74 Å². The molecule has 120 valence electrons. The van der Waals surface area contributed by atoms with E-state index in [0.29, 0.717) is 19.6 Å². The van der Waals surface area contributed by atoms with Gasteiger partial charge in [-0.1, -0.05) is 48.9 Å². The first-order valence-electron chi connectivity index (χ1n) is 8.19. The highest BCUT2D eigenvalue weighted by molar-refractivity contribution is 5.92. The zero-order chi connectivity index (χ0) is 16.1. The monoisotopic (exact) mass is 311 g/mol. The maximum atomic E-state index is 11.9.